The van der Waals surface area contributed by atoms with Crippen LogP contribution in [0.2, 0.25) is 0 Å². The van der Waals surface area contributed by atoms with E-state index in [1.165, 1.54) is 4.88 Å². The van der Waals surface area contributed by atoms with Gasteiger partial charge in [0, 0.05) is 17.3 Å². The fraction of sp³-hybridized carbons (Fsp3) is 0.333. The number of aromatic nitrogens is 1. The van der Waals surface area contributed by atoms with Gasteiger partial charge in [0.05, 0.1) is 5.69 Å². The first kappa shape index (κ1) is 14.5. The summed E-state index contributed by atoms with van der Waals surface area (Å²) >= 11 is 5.05. The maximum atomic E-state index is 11.8. The number of carbonyl (C=O) groups is 1. The number of rotatable bonds is 3. The molecule has 1 N–H and O–H groups in total. The van der Waals surface area contributed by atoms with Gasteiger partial charge in [-0.15, -0.1) is 11.3 Å². The minimum Gasteiger partial charge on any atom is -0.445 e. The molecule has 6 heteroatoms. The second-order valence-corrected chi connectivity index (χ2v) is 7.34. The van der Waals surface area contributed by atoms with Crippen LogP contribution >= 0.6 is 27.3 Å². The van der Waals surface area contributed by atoms with Crippen molar-refractivity contribution >= 4 is 33.4 Å². The van der Waals surface area contributed by atoms with Crippen molar-refractivity contribution in [1.82, 2.24) is 10.3 Å². The lowest BCUT2D eigenvalue weighted by Gasteiger charge is -2.22. The third-order valence-corrected chi connectivity index (χ3v) is 5.02. The molecule has 2 aromatic rings. The Bertz CT molecular complexity index is 630. The van der Waals surface area contributed by atoms with Crippen molar-refractivity contribution < 1.29 is 9.53 Å². The van der Waals surface area contributed by atoms with E-state index in [0.717, 1.165) is 34.4 Å². The van der Waals surface area contributed by atoms with Gasteiger partial charge in [-0.25, -0.2) is 9.78 Å². The molecule has 0 aliphatic heterocycles. The van der Waals surface area contributed by atoms with E-state index in [1.807, 2.05) is 30.3 Å². The lowest BCUT2D eigenvalue weighted by atomic mass is 9.98. The largest absolute Gasteiger partial charge is 0.445 e. The summed E-state index contributed by atoms with van der Waals surface area (Å²) in [4.78, 5) is 17.5. The molecular formula is C15H15BrN2O2S. The lowest BCUT2D eigenvalue weighted by molar-refractivity contribution is 0.134. The Labute approximate surface area is 135 Å². The summed E-state index contributed by atoms with van der Waals surface area (Å²) in [6, 6.07) is 9.82. The van der Waals surface area contributed by atoms with Crippen molar-refractivity contribution in [2.45, 2.75) is 31.9 Å². The van der Waals surface area contributed by atoms with Crippen molar-refractivity contribution in [3.8, 4) is 0 Å². The molecule has 0 saturated carbocycles. The predicted molar refractivity (Wildman–Crippen MR) is 85.4 cm³/mol. The van der Waals surface area contributed by atoms with Gasteiger partial charge < -0.3 is 10.1 Å². The van der Waals surface area contributed by atoms with Crippen molar-refractivity contribution in [3.63, 3.8) is 0 Å². The molecule has 1 amide bonds. The van der Waals surface area contributed by atoms with Gasteiger partial charge in [0.15, 0.2) is 3.92 Å². The zero-order chi connectivity index (χ0) is 14.7. The van der Waals surface area contributed by atoms with Crippen LogP contribution in [0.25, 0.3) is 0 Å². The Morgan fingerprint density at radius 1 is 1.43 bits per heavy atom. The number of hydrogen-bond donors (Lipinski definition) is 1. The lowest BCUT2D eigenvalue weighted by Crippen LogP contribution is -2.38. The fourth-order valence-corrected chi connectivity index (χ4v) is 4.11. The maximum absolute atomic E-state index is 11.8. The van der Waals surface area contributed by atoms with E-state index < -0.39 is 0 Å². The Balaban J connectivity index is 1.50. The van der Waals surface area contributed by atoms with Gasteiger partial charge in [0.25, 0.3) is 0 Å². The van der Waals surface area contributed by atoms with Gasteiger partial charge >= 0.3 is 6.09 Å². The van der Waals surface area contributed by atoms with Crippen molar-refractivity contribution in [3.05, 3.63) is 50.4 Å². The van der Waals surface area contributed by atoms with E-state index in [2.05, 4.69) is 26.2 Å². The van der Waals surface area contributed by atoms with Crippen LogP contribution in [-0.4, -0.2) is 17.1 Å². The first-order valence-corrected chi connectivity index (χ1v) is 8.43. The average molecular weight is 367 g/mol. The molecule has 0 saturated heterocycles. The van der Waals surface area contributed by atoms with Crippen LogP contribution in [-0.2, 0) is 24.2 Å². The highest BCUT2D eigenvalue weighted by molar-refractivity contribution is 9.11. The summed E-state index contributed by atoms with van der Waals surface area (Å²) in [7, 11) is 0. The first-order chi connectivity index (χ1) is 10.2. The Kier molecular flexibility index (Phi) is 4.55. The standard InChI is InChI=1S/C15H15BrN2O2S/c16-14-18-12-7-6-11(8-13(12)21-14)17-15(19)20-9-10-4-2-1-3-5-10/h1-5,11H,6-9H2,(H,17,19)/t11-/m0/s1. The zero-order valence-electron chi connectivity index (χ0n) is 11.3. The zero-order valence-corrected chi connectivity index (χ0v) is 13.7. The number of carbonyl (C=O) groups excluding carboxylic acids is 1. The predicted octanol–water partition coefficient (Wildman–Crippen LogP) is 3.69. The Hall–Kier alpha value is -1.40. The molecule has 1 aromatic heterocycles. The molecule has 0 radical (unpaired) electrons. The average Bonchev–Trinajstić information content (AvgIpc) is 2.85. The van der Waals surface area contributed by atoms with E-state index in [1.54, 1.807) is 11.3 Å². The van der Waals surface area contributed by atoms with Gasteiger partial charge in [-0.3, -0.25) is 0 Å². The van der Waals surface area contributed by atoms with Gasteiger partial charge in [0.1, 0.15) is 6.61 Å². The van der Waals surface area contributed by atoms with Crippen LogP contribution in [0.5, 0.6) is 0 Å². The molecule has 1 aliphatic carbocycles. The highest BCUT2D eigenvalue weighted by atomic mass is 79.9. The van der Waals surface area contributed by atoms with Gasteiger partial charge in [-0.1, -0.05) is 30.3 Å². The van der Waals surface area contributed by atoms with Gasteiger partial charge in [-0.2, -0.15) is 0 Å². The van der Waals surface area contributed by atoms with Crippen LogP contribution in [0, 0.1) is 0 Å². The van der Waals surface area contributed by atoms with Gasteiger partial charge in [-0.05, 0) is 34.3 Å². The molecule has 1 aliphatic rings. The molecule has 4 nitrogen and oxygen atoms in total. The molecule has 1 aromatic carbocycles. The van der Waals surface area contributed by atoms with E-state index in [0.29, 0.717) is 6.61 Å². The number of nitrogens with zero attached hydrogens (tertiary/aromatic N) is 1. The minimum absolute atomic E-state index is 0.133. The second kappa shape index (κ2) is 6.58. The normalized spacial score (nSPS) is 17.1. The fourth-order valence-electron chi connectivity index (χ4n) is 2.40. The van der Waals surface area contributed by atoms with E-state index in [9.17, 15) is 4.79 Å². The molecule has 21 heavy (non-hydrogen) atoms. The van der Waals surface area contributed by atoms with Crippen molar-refractivity contribution in [1.29, 1.82) is 0 Å². The second-order valence-electron chi connectivity index (χ2n) is 4.98. The number of halogens is 1. The number of fused-ring (bicyclic) bond motifs is 1. The highest BCUT2D eigenvalue weighted by Crippen LogP contribution is 2.29. The molecule has 3 rings (SSSR count). The van der Waals surface area contributed by atoms with Crippen LogP contribution in [0.1, 0.15) is 22.6 Å². The van der Waals surface area contributed by atoms with Crippen molar-refractivity contribution in [2.75, 3.05) is 0 Å². The molecule has 0 unspecified atom stereocenters. The van der Waals surface area contributed by atoms with Crippen LogP contribution in [0.3, 0.4) is 0 Å². The van der Waals surface area contributed by atoms with Crippen molar-refractivity contribution in [2.24, 2.45) is 0 Å². The molecule has 0 bridgehead atoms. The molecule has 1 atom stereocenters. The highest BCUT2D eigenvalue weighted by Gasteiger charge is 2.23. The summed E-state index contributed by atoms with van der Waals surface area (Å²) in [5.41, 5.74) is 2.15. The van der Waals surface area contributed by atoms with Crippen LogP contribution < -0.4 is 5.32 Å². The number of ether oxygens (including phenoxy) is 1. The Morgan fingerprint density at radius 2 is 2.24 bits per heavy atom. The number of alkyl carbamates (subject to hydrolysis) is 1. The summed E-state index contributed by atoms with van der Waals surface area (Å²) < 4.78 is 6.17. The first-order valence-electron chi connectivity index (χ1n) is 6.82. The number of thiazole rings is 1. The summed E-state index contributed by atoms with van der Waals surface area (Å²) in [6.45, 7) is 0.302. The SMILES string of the molecule is O=C(N[C@H]1CCc2nc(Br)sc2C1)OCc1ccccc1. The number of hydrogen-bond acceptors (Lipinski definition) is 4. The van der Waals surface area contributed by atoms with E-state index in [4.69, 9.17) is 4.74 Å². The molecule has 1 heterocycles. The quantitative estimate of drug-likeness (QED) is 0.900. The monoisotopic (exact) mass is 366 g/mol. The van der Waals surface area contributed by atoms with Crippen LogP contribution in [0.15, 0.2) is 34.2 Å². The van der Waals surface area contributed by atoms with E-state index >= 15 is 0 Å². The summed E-state index contributed by atoms with van der Waals surface area (Å²) in [5, 5.41) is 2.94. The smallest absolute Gasteiger partial charge is 0.407 e. The summed E-state index contributed by atoms with van der Waals surface area (Å²) in [5.74, 6) is 0. The number of aryl methyl sites for hydroxylation is 1. The number of nitrogens with one attached hydrogen (secondary N) is 1. The minimum atomic E-state index is -0.351. The van der Waals surface area contributed by atoms with Crippen LogP contribution in [0.4, 0.5) is 4.79 Å². The topological polar surface area (TPSA) is 51.2 Å². The molecular weight excluding hydrogens is 352 g/mol. The molecule has 0 spiro atoms. The van der Waals surface area contributed by atoms with E-state index in [-0.39, 0.29) is 12.1 Å². The Morgan fingerprint density at radius 3 is 3.05 bits per heavy atom. The number of amides is 1. The molecule has 110 valence electrons. The number of benzene rings is 1. The molecule has 0 fully saturated rings. The third-order valence-electron chi connectivity index (χ3n) is 3.45. The maximum Gasteiger partial charge on any atom is 0.407 e. The third kappa shape index (κ3) is 3.83. The van der Waals surface area contributed by atoms with Gasteiger partial charge in [0.2, 0.25) is 0 Å². The summed E-state index contributed by atoms with van der Waals surface area (Å²) in [6.07, 6.45) is 2.29.